The van der Waals surface area contributed by atoms with Crippen LogP contribution >= 0.6 is 0 Å². The zero-order chi connectivity index (χ0) is 13.9. The van der Waals surface area contributed by atoms with E-state index in [-0.39, 0.29) is 0 Å². The molecule has 0 saturated heterocycles. The number of hydrogen-bond acceptors (Lipinski definition) is 4. The Hall–Kier alpha value is -1.41. The fourth-order valence-corrected chi connectivity index (χ4v) is 2.93. The van der Waals surface area contributed by atoms with Crippen LogP contribution in [0.15, 0.2) is 0 Å². The molecule has 0 aromatic carbocycles. The lowest BCUT2D eigenvalue weighted by atomic mass is 9.80. The summed E-state index contributed by atoms with van der Waals surface area (Å²) in [5.74, 6) is 1.96. The quantitative estimate of drug-likeness (QED) is 0.900. The molecule has 0 spiro atoms. The predicted molar refractivity (Wildman–Crippen MR) is 73.7 cm³/mol. The molecule has 19 heavy (non-hydrogen) atoms. The van der Waals surface area contributed by atoms with Gasteiger partial charge in [0, 0.05) is 19.3 Å². The van der Waals surface area contributed by atoms with Gasteiger partial charge in [0.15, 0.2) is 5.82 Å². The summed E-state index contributed by atoms with van der Waals surface area (Å²) in [6, 6.07) is 2.75. The molecular formula is C14H23N5. The van der Waals surface area contributed by atoms with Gasteiger partial charge in [0.05, 0.1) is 12.1 Å². The van der Waals surface area contributed by atoms with Crippen LogP contribution in [0.3, 0.4) is 0 Å². The van der Waals surface area contributed by atoms with E-state index in [0.29, 0.717) is 6.04 Å². The second-order valence-corrected chi connectivity index (χ2v) is 5.29. The smallest absolute Gasteiger partial charge is 0.150 e. The van der Waals surface area contributed by atoms with E-state index in [9.17, 15) is 5.26 Å². The molecular weight excluding hydrogens is 238 g/mol. The van der Waals surface area contributed by atoms with E-state index in [2.05, 4.69) is 40.0 Å². The SMILES string of the molecule is CCc1nc(CC)n(C2CCCC(C#N)(NC)C2)n1. The molecule has 1 heterocycles. The summed E-state index contributed by atoms with van der Waals surface area (Å²) in [4.78, 5) is 4.57. The number of aryl methyl sites for hydroxylation is 2. The maximum atomic E-state index is 9.43. The van der Waals surface area contributed by atoms with Crippen molar-refractivity contribution in [3.63, 3.8) is 0 Å². The molecule has 0 bridgehead atoms. The van der Waals surface area contributed by atoms with E-state index >= 15 is 0 Å². The zero-order valence-electron chi connectivity index (χ0n) is 12.1. The van der Waals surface area contributed by atoms with Crippen molar-refractivity contribution in [2.75, 3.05) is 7.05 Å². The molecule has 2 rings (SSSR count). The minimum atomic E-state index is -0.397. The number of nitrogens with zero attached hydrogens (tertiary/aromatic N) is 4. The van der Waals surface area contributed by atoms with E-state index in [1.807, 2.05) is 7.05 Å². The van der Waals surface area contributed by atoms with Crippen molar-refractivity contribution in [3.8, 4) is 6.07 Å². The predicted octanol–water partition coefficient (Wildman–Crippen LogP) is 2.00. The first-order valence-corrected chi connectivity index (χ1v) is 7.22. The molecule has 1 aliphatic carbocycles. The Kier molecular flexibility index (Phi) is 4.20. The standard InChI is InChI=1S/C14H23N5/c1-4-12-17-13(5-2)19(18-12)11-7-6-8-14(9-11,10-15)16-3/h11,16H,4-9H2,1-3H3. The Morgan fingerprint density at radius 1 is 1.47 bits per heavy atom. The van der Waals surface area contributed by atoms with Gasteiger partial charge in [-0.2, -0.15) is 10.4 Å². The second-order valence-electron chi connectivity index (χ2n) is 5.29. The maximum Gasteiger partial charge on any atom is 0.150 e. The number of nitrogens with one attached hydrogen (secondary N) is 1. The molecule has 2 unspecified atom stereocenters. The largest absolute Gasteiger partial charge is 0.302 e. The first kappa shape index (κ1) is 14.0. The Morgan fingerprint density at radius 2 is 2.26 bits per heavy atom. The summed E-state index contributed by atoms with van der Waals surface area (Å²) in [7, 11) is 1.88. The second kappa shape index (κ2) is 5.70. The lowest BCUT2D eigenvalue weighted by Gasteiger charge is -2.35. The molecule has 1 aromatic rings. The number of nitriles is 1. The van der Waals surface area contributed by atoms with Crippen molar-refractivity contribution in [1.29, 1.82) is 5.26 Å². The van der Waals surface area contributed by atoms with Crippen LogP contribution in [0.25, 0.3) is 0 Å². The Labute approximate surface area is 115 Å². The van der Waals surface area contributed by atoms with Gasteiger partial charge in [0.25, 0.3) is 0 Å². The van der Waals surface area contributed by atoms with E-state index in [1.165, 1.54) is 0 Å². The molecule has 2 atom stereocenters. The minimum Gasteiger partial charge on any atom is -0.302 e. The van der Waals surface area contributed by atoms with Gasteiger partial charge in [0.1, 0.15) is 11.4 Å². The van der Waals surface area contributed by atoms with Crippen molar-refractivity contribution in [1.82, 2.24) is 20.1 Å². The van der Waals surface area contributed by atoms with Gasteiger partial charge >= 0.3 is 0 Å². The van der Waals surface area contributed by atoms with Crippen LogP contribution < -0.4 is 5.32 Å². The van der Waals surface area contributed by atoms with Crippen LogP contribution in [-0.4, -0.2) is 27.4 Å². The Bertz CT molecular complexity index is 473. The summed E-state index contributed by atoms with van der Waals surface area (Å²) in [6.45, 7) is 4.19. The molecule has 1 aromatic heterocycles. The van der Waals surface area contributed by atoms with Gasteiger partial charge in [-0.25, -0.2) is 9.67 Å². The van der Waals surface area contributed by atoms with Gasteiger partial charge in [-0.05, 0) is 26.3 Å². The summed E-state index contributed by atoms with van der Waals surface area (Å²) in [5, 5.41) is 17.3. The van der Waals surface area contributed by atoms with Crippen LogP contribution in [0.2, 0.25) is 0 Å². The third kappa shape index (κ3) is 2.64. The van der Waals surface area contributed by atoms with Crippen molar-refractivity contribution in [3.05, 3.63) is 11.6 Å². The Morgan fingerprint density at radius 3 is 2.84 bits per heavy atom. The van der Waals surface area contributed by atoms with Crippen LogP contribution in [0.1, 0.15) is 57.2 Å². The van der Waals surface area contributed by atoms with Gasteiger partial charge in [-0.3, -0.25) is 0 Å². The van der Waals surface area contributed by atoms with Crippen LogP contribution in [-0.2, 0) is 12.8 Å². The Balaban J connectivity index is 2.26. The zero-order valence-corrected chi connectivity index (χ0v) is 12.1. The van der Waals surface area contributed by atoms with Crippen molar-refractivity contribution in [2.45, 2.75) is 64.0 Å². The van der Waals surface area contributed by atoms with Gasteiger partial charge in [0.2, 0.25) is 0 Å². The monoisotopic (exact) mass is 261 g/mol. The number of rotatable bonds is 4. The normalized spacial score (nSPS) is 27.2. The highest BCUT2D eigenvalue weighted by Crippen LogP contribution is 2.35. The highest BCUT2D eigenvalue weighted by atomic mass is 15.4. The van der Waals surface area contributed by atoms with E-state index < -0.39 is 5.54 Å². The molecule has 1 fully saturated rings. The third-order valence-electron chi connectivity index (χ3n) is 4.14. The van der Waals surface area contributed by atoms with Crippen molar-refractivity contribution < 1.29 is 0 Å². The first-order valence-electron chi connectivity index (χ1n) is 7.22. The first-order chi connectivity index (χ1) is 9.18. The van der Waals surface area contributed by atoms with Gasteiger partial charge in [-0.1, -0.05) is 13.8 Å². The van der Waals surface area contributed by atoms with Crippen LogP contribution in [0.4, 0.5) is 0 Å². The summed E-state index contributed by atoms with van der Waals surface area (Å²) < 4.78 is 2.07. The van der Waals surface area contributed by atoms with Crippen LogP contribution in [0, 0.1) is 11.3 Å². The third-order valence-corrected chi connectivity index (χ3v) is 4.14. The minimum absolute atomic E-state index is 0.295. The molecule has 1 N–H and O–H groups in total. The average molecular weight is 261 g/mol. The van der Waals surface area contributed by atoms with Crippen LogP contribution in [0.5, 0.6) is 0 Å². The molecule has 0 aliphatic heterocycles. The highest BCUT2D eigenvalue weighted by Gasteiger charge is 2.37. The molecule has 5 heteroatoms. The summed E-state index contributed by atoms with van der Waals surface area (Å²) >= 11 is 0. The molecule has 5 nitrogen and oxygen atoms in total. The van der Waals surface area contributed by atoms with E-state index in [4.69, 9.17) is 0 Å². The lowest BCUT2D eigenvalue weighted by molar-refractivity contribution is 0.226. The summed E-state index contributed by atoms with van der Waals surface area (Å²) in [6.07, 6.45) is 5.64. The fourth-order valence-electron chi connectivity index (χ4n) is 2.93. The molecule has 0 radical (unpaired) electrons. The van der Waals surface area contributed by atoms with Gasteiger partial charge < -0.3 is 5.32 Å². The van der Waals surface area contributed by atoms with Crippen molar-refractivity contribution >= 4 is 0 Å². The highest BCUT2D eigenvalue weighted by molar-refractivity contribution is 5.10. The molecule has 0 amide bonds. The average Bonchev–Trinajstić information content (AvgIpc) is 2.90. The molecule has 1 saturated carbocycles. The maximum absolute atomic E-state index is 9.43. The van der Waals surface area contributed by atoms with E-state index in [0.717, 1.165) is 50.2 Å². The van der Waals surface area contributed by atoms with E-state index in [1.54, 1.807) is 0 Å². The lowest BCUT2D eigenvalue weighted by Crippen LogP contribution is -2.46. The van der Waals surface area contributed by atoms with Gasteiger partial charge in [-0.15, -0.1) is 0 Å². The number of aromatic nitrogens is 3. The topological polar surface area (TPSA) is 66.5 Å². The fraction of sp³-hybridized carbons (Fsp3) is 0.786. The summed E-state index contributed by atoms with van der Waals surface area (Å²) in [5.41, 5.74) is -0.397. The molecule has 104 valence electrons. The molecule has 1 aliphatic rings. The number of hydrogen-bond donors (Lipinski definition) is 1. The van der Waals surface area contributed by atoms with Crippen molar-refractivity contribution in [2.24, 2.45) is 0 Å².